The minimum absolute atomic E-state index is 0.00469. The third-order valence-corrected chi connectivity index (χ3v) is 23.6. The SMILES string of the molecule is CCCC[P+](CCCC)(CCCC)CCCNC(=O)CCC1(CCC(=O)O[C@@H]2C(O[Si](C(C)C)(C(C)C)C(C)C)[C@H](n3ccc(=O)[nH]c3=O)O[C@@H]2CC)OCCO1. The van der Waals surface area contributed by atoms with Crippen LogP contribution in [0.15, 0.2) is 21.9 Å². The highest BCUT2D eigenvalue weighted by Crippen LogP contribution is 2.61. The van der Waals surface area contributed by atoms with Crippen molar-refractivity contribution in [1.82, 2.24) is 14.9 Å². The number of amides is 1. The molecule has 1 unspecified atom stereocenters. The van der Waals surface area contributed by atoms with Crippen LogP contribution in [0.25, 0.3) is 0 Å². The summed E-state index contributed by atoms with van der Waals surface area (Å²) in [6.45, 7) is 23.3. The first-order valence-corrected chi connectivity index (χ1v) is 27.0. The quantitative estimate of drug-likeness (QED) is 0.0385. The predicted molar refractivity (Wildman–Crippen MR) is 233 cm³/mol. The van der Waals surface area contributed by atoms with Gasteiger partial charge in [-0.1, -0.05) is 88.5 Å². The average Bonchev–Trinajstić information content (AvgIpc) is 3.78. The second-order valence-electron chi connectivity index (χ2n) is 17.5. The second-order valence-corrected chi connectivity index (χ2v) is 27.3. The van der Waals surface area contributed by atoms with E-state index >= 15 is 0 Å². The lowest BCUT2D eigenvalue weighted by Crippen LogP contribution is -2.54. The zero-order chi connectivity index (χ0) is 42.2. The third kappa shape index (κ3) is 13.6. The van der Waals surface area contributed by atoms with Crippen LogP contribution in [0.5, 0.6) is 0 Å². The summed E-state index contributed by atoms with van der Waals surface area (Å²) in [6.07, 6.45) is 13.7. The Bertz CT molecular complexity index is 1430. The van der Waals surface area contributed by atoms with Gasteiger partial charge in [0.25, 0.3) is 5.56 Å². The molecule has 0 spiro atoms. The number of rotatable bonds is 27. The van der Waals surface area contributed by atoms with Crippen LogP contribution >= 0.6 is 7.26 Å². The first kappa shape index (κ1) is 49.5. The Morgan fingerprint density at radius 2 is 1.40 bits per heavy atom. The fraction of sp³-hybridized carbons (Fsp3) is 0.860. The van der Waals surface area contributed by atoms with Crippen LogP contribution in [0.2, 0.25) is 16.6 Å². The number of hydrogen-bond acceptors (Lipinski definition) is 9. The van der Waals surface area contributed by atoms with Gasteiger partial charge in [0.05, 0.1) is 50.4 Å². The van der Waals surface area contributed by atoms with Crippen LogP contribution in [0.3, 0.4) is 0 Å². The molecule has 0 radical (unpaired) electrons. The molecular weight excluding hydrogens is 762 g/mol. The van der Waals surface area contributed by atoms with Crippen molar-refractivity contribution in [1.29, 1.82) is 0 Å². The average molecular weight is 841 g/mol. The highest BCUT2D eigenvalue weighted by atomic mass is 31.2. The molecule has 0 saturated carbocycles. The van der Waals surface area contributed by atoms with E-state index in [1.54, 1.807) is 0 Å². The van der Waals surface area contributed by atoms with Crippen LogP contribution in [0.4, 0.5) is 0 Å². The van der Waals surface area contributed by atoms with Gasteiger partial charge in [-0.05, 0) is 48.7 Å². The van der Waals surface area contributed by atoms with Crippen molar-refractivity contribution in [3.63, 3.8) is 0 Å². The summed E-state index contributed by atoms with van der Waals surface area (Å²) in [6, 6.07) is 1.28. The first-order chi connectivity index (χ1) is 27.1. The van der Waals surface area contributed by atoms with E-state index in [-0.39, 0.29) is 41.8 Å². The number of unbranched alkanes of at least 4 members (excludes halogenated alkanes) is 3. The number of nitrogens with zero attached hydrogens (tertiary/aromatic N) is 1. The smallest absolute Gasteiger partial charge is 0.330 e. The maximum Gasteiger partial charge on any atom is 0.330 e. The van der Waals surface area contributed by atoms with Gasteiger partial charge >= 0.3 is 11.7 Å². The van der Waals surface area contributed by atoms with Crippen molar-refractivity contribution < 1.29 is 33.0 Å². The zero-order valence-electron chi connectivity index (χ0n) is 37.2. The van der Waals surface area contributed by atoms with Crippen LogP contribution in [0, 0.1) is 0 Å². The summed E-state index contributed by atoms with van der Waals surface area (Å²) in [5.41, 5.74) is -0.475. The number of carbonyl (C=O) groups is 2. The molecule has 2 aliphatic heterocycles. The van der Waals surface area contributed by atoms with E-state index in [2.05, 4.69) is 72.6 Å². The molecule has 3 rings (SSSR count). The molecule has 0 aliphatic carbocycles. The molecule has 2 saturated heterocycles. The summed E-state index contributed by atoms with van der Waals surface area (Å²) < 4.78 is 33.5. The van der Waals surface area contributed by atoms with Crippen molar-refractivity contribution in [2.75, 3.05) is 44.4 Å². The molecule has 57 heavy (non-hydrogen) atoms. The number of aromatic amines is 1. The number of hydrogen-bond donors (Lipinski definition) is 2. The molecule has 0 aromatic carbocycles. The van der Waals surface area contributed by atoms with E-state index in [4.69, 9.17) is 23.4 Å². The summed E-state index contributed by atoms with van der Waals surface area (Å²) in [7, 11) is -3.59. The largest absolute Gasteiger partial charge is 0.457 e. The first-order valence-electron chi connectivity index (χ1n) is 22.4. The zero-order valence-corrected chi connectivity index (χ0v) is 39.1. The predicted octanol–water partition coefficient (Wildman–Crippen LogP) is 8.54. The Morgan fingerprint density at radius 1 is 0.860 bits per heavy atom. The van der Waals surface area contributed by atoms with Crippen LogP contribution < -0.4 is 16.6 Å². The van der Waals surface area contributed by atoms with Gasteiger partial charge in [-0.25, -0.2) is 4.79 Å². The molecule has 1 aromatic rings. The third-order valence-electron chi connectivity index (χ3n) is 12.5. The lowest BCUT2D eigenvalue weighted by atomic mass is 10.0. The molecule has 14 heteroatoms. The summed E-state index contributed by atoms with van der Waals surface area (Å²) >= 11 is 0. The van der Waals surface area contributed by atoms with E-state index in [9.17, 15) is 19.2 Å². The van der Waals surface area contributed by atoms with Crippen molar-refractivity contribution in [3.8, 4) is 0 Å². The summed E-state index contributed by atoms with van der Waals surface area (Å²) in [4.78, 5) is 54.3. The summed E-state index contributed by atoms with van der Waals surface area (Å²) in [5.74, 6) is -1.54. The Hall–Kier alpha value is -1.89. The van der Waals surface area contributed by atoms with Gasteiger partial charge in [0.15, 0.2) is 18.1 Å². The van der Waals surface area contributed by atoms with Crippen LogP contribution in [-0.2, 0) is 33.0 Å². The van der Waals surface area contributed by atoms with E-state index < -0.39 is 63.1 Å². The molecule has 1 aromatic heterocycles. The van der Waals surface area contributed by atoms with Gasteiger partial charge in [0.1, 0.15) is 6.10 Å². The van der Waals surface area contributed by atoms with Gasteiger partial charge in [-0.2, -0.15) is 0 Å². The van der Waals surface area contributed by atoms with Gasteiger partial charge < -0.3 is 28.7 Å². The number of aromatic nitrogens is 2. The number of nitrogens with one attached hydrogen (secondary N) is 2. The van der Waals surface area contributed by atoms with Crippen molar-refractivity contribution in [2.24, 2.45) is 0 Å². The van der Waals surface area contributed by atoms with Gasteiger partial charge in [-0.15, -0.1) is 0 Å². The van der Waals surface area contributed by atoms with Gasteiger partial charge in [-0.3, -0.25) is 23.9 Å². The van der Waals surface area contributed by atoms with E-state index in [1.807, 2.05) is 6.92 Å². The molecule has 4 atom stereocenters. The molecule has 0 bridgehead atoms. The van der Waals surface area contributed by atoms with Gasteiger partial charge in [0, 0.05) is 45.3 Å². The fourth-order valence-corrected chi connectivity index (χ4v) is 20.1. The molecular formula is C43H79N3O9PSi+. The van der Waals surface area contributed by atoms with Crippen molar-refractivity contribution in [3.05, 3.63) is 33.1 Å². The normalized spacial score (nSPS) is 21.2. The molecule has 2 fully saturated rings. The lowest BCUT2D eigenvalue weighted by molar-refractivity contribution is -0.179. The molecule has 12 nitrogen and oxygen atoms in total. The minimum Gasteiger partial charge on any atom is -0.457 e. The molecule has 2 aliphatic rings. The van der Waals surface area contributed by atoms with E-state index in [0.717, 1.165) is 6.42 Å². The Labute approximate surface area is 345 Å². The van der Waals surface area contributed by atoms with E-state index in [1.165, 1.54) is 80.0 Å². The maximum absolute atomic E-state index is 13.8. The number of esters is 1. The van der Waals surface area contributed by atoms with Gasteiger partial charge in [0.2, 0.25) is 14.2 Å². The summed E-state index contributed by atoms with van der Waals surface area (Å²) in [5, 5.41) is 3.17. The number of H-pyrrole nitrogens is 1. The number of ether oxygens (including phenoxy) is 4. The Morgan fingerprint density at radius 3 is 1.91 bits per heavy atom. The molecule has 328 valence electrons. The highest BCUT2D eigenvalue weighted by Gasteiger charge is 2.55. The lowest BCUT2D eigenvalue weighted by Gasteiger charge is -2.45. The van der Waals surface area contributed by atoms with Crippen LogP contribution in [0.1, 0.15) is 153 Å². The van der Waals surface area contributed by atoms with E-state index in [0.29, 0.717) is 32.6 Å². The maximum atomic E-state index is 13.8. The molecule has 2 N–H and O–H groups in total. The number of carbonyl (C=O) groups excluding carboxylic acids is 2. The second kappa shape index (κ2) is 23.8. The van der Waals surface area contributed by atoms with Crippen molar-refractivity contribution in [2.45, 2.75) is 193 Å². The topological polar surface area (TPSA) is 147 Å². The molecule has 3 heterocycles. The fourth-order valence-electron chi connectivity index (χ4n) is 9.40. The van der Waals surface area contributed by atoms with Crippen molar-refractivity contribution >= 4 is 27.5 Å². The minimum atomic E-state index is -2.58. The Balaban J connectivity index is 1.69. The highest BCUT2D eigenvalue weighted by molar-refractivity contribution is 7.75. The van der Waals surface area contributed by atoms with Crippen LogP contribution in [-0.4, -0.2) is 98.3 Å². The standard InChI is InChI=1S/C43H78N3O9PSi/c1-11-15-28-56(29-16-12-2,30-17-13-3)31-18-24-44-36(47)19-22-43(51-26-27-52-43)23-20-38(49)54-39-35(14-4)53-41(46-25-21-37(48)45-42(46)50)40(39)55-57(32(5)6,33(7)8)34(9)10/h21,25,32-35,39-41H,11-20,22-24,26-31H2,1-10H3,(H-,44,45,47,48,50)/p+1/t35-,39+,40?,41-/m1/s1. The Kier molecular flexibility index (Phi) is 20.6. The molecule has 1 amide bonds. The monoisotopic (exact) mass is 841 g/mol.